The van der Waals surface area contributed by atoms with E-state index in [0.717, 1.165) is 6.42 Å². The monoisotopic (exact) mass is 141 g/mol. The van der Waals surface area contributed by atoms with Crippen molar-refractivity contribution in [1.82, 2.24) is 5.32 Å². The predicted molar refractivity (Wildman–Crippen MR) is 42.6 cm³/mol. The summed E-state index contributed by atoms with van der Waals surface area (Å²) in [5.41, 5.74) is 0. The molecule has 0 bridgehead atoms. The number of hydrogen-bond donors (Lipinski definition) is 2. The lowest BCUT2D eigenvalue weighted by molar-refractivity contribution is 0.169. The lowest BCUT2D eigenvalue weighted by atomic mass is 10.3. The van der Waals surface area contributed by atoms with Gasteiger partial charge in [-0.05, 0) is 13.3 Å². The minimum atomic E-state index is -0.223. The van der Waals surface area contributed by atoms with Gasteiger partial charge in [0, 0.05) is 6.54 Å². The molecule has 0 aliphatic rings. The molecule has 0 aromatic rings. The normalized spacial score (nSPS) is 11.9. The summed E-state index contributed by atoms with van der Waals surface area (Å²) in [6, 6.07) is 0. The Balaban J connectivity index is 3.08. The first-order valence-corrected chi connectivity index (χ1v) is 3.59. The van der Waals surface area contributed by atoms with E-state index in [9.17, 15) is 0 Å². The molecule has 0 fully saturated rings. The molecule has 0 amide bonds. The predicted octanol–water partition coefficient (Wildman–Crippen LogP) is 0.370. The molecule has 1 atom stereocenters. The summed E-state index contributed by atoms with van der Waals surface area (Å²) in [4.78, 5) is 0. The third-order valence-corrected chi connectivity index (χ3v) is 1.24. The van der Waals surface area contributed by atoms with Crippen LogP contribution in [0.2, 0.25) is 0 Å². The van der Waals surface area contributed by atoms with Gasteiger partial charge in [-0.3, -0.25) is 0 Å². The third-order valence-electron chi connectivity index (χ3n) is 1.24. The van der Waals surface area contributed by atoms with Gasteiger partial charge in [0.15, 0.2) is 0 Å². The van der Waals surface area contributed by atoms with Crippen molar-refractivity contribution in [3.8, 4) is 11.8 Å². The molecule has 0 saturated carbocycles. The first kappa shape index (κ1) is 9.48. The van der Waals surface area contributed by atoms with Crippen molar-refractivity contribution in [2.24, 2.45) is 0 Å². The van der Waals surface area contributed by atoms with E-state index in [1.807, 2.05) is 6.92 Å². The standard InChI is InChI=1S/C8H15NO/c1-3-5-6-9-7-8(10)4-2/h8-10H,4,6-7H2,1-2H3/t8-/m0/s1. The van der Waals surface area contributed by atoms with Crippen molar-refractivity contribution < 1.29 is 5.11 Å². The molecule has 0 aromatic carbocycles. The summed E-state index contributed by atoms with van der Waals surface area (Å²) in [5.74, 6) is 5.62. The minimum Gasteiger partial charge on any atom is -0.392 e. The molecule has 0 aromatic heterocycles. The van der Waals surface area contributed by atoms with Crippen molar-refractivity contribution in [2.75, 3.05) is 13.1 Å². The van der Waals surface area contributed by atoms with Crippen molar-refractivity contribution >= 4 is 0 Å². The quantitative estimate of drug-likeness (QED) is 0.438. The highest BCUT2D eigenvalue weighted by atomic mass is 16.3. The summed E-state index contributed by atoms with van der Waals surface area (Å²) in [7, 11) is 0. The number of hydrogen-bond acceptors (Lipinski definition) is 2. The van der Waals surface area contributed by atoms with E-state index in [4.69, 9.17) is 5.11 Å². The number of rotatable bonds is 4. The lowest BCUT2D eigenvalue weighted by Gasteiger charge is -2.05. The summed E-state index contributed by atoms with van der Waals surface area (Å²) in [6.07, 6.45) is 0.575. The molecular weight excluding hydrogens is 126 g/mol. The lowest BCUT2D eigenvalue weighted by Crippen LogP contribution is -2.26. The second-order valence-electron chi connectivity index (χ2n) is 2.12. The maximum absolute atomic E-state index is 9.05. The second-order valence-corrected chi connectivity index (χ2v) is 2.12. The van der Waals surface area contributed by atoms with Gasteiger partial charge in [-0.15, -0.1) is 5.92 Å². The van der Waals surface area contributed by atoms with E-state index in [-0.39, 0.29) is 6.10 Å². The van der Waals surface area contributed by atoms with Crippen molar-refractivity contribution in [1.29, 1.82) is 0 Å². The third kappa shape index (κ3) is 5.61. The Hall–Kier alpha value is -0.520. The first-order valence-electron chi connectivity index (χ1n) is 3.59. The van der Waals surface area contributed by atoms with Crippen LogP contribution >= 0.6 is 0 Å². The molecule has 0 aliphatic heterocycles. The zero-order valence-corrected chi connectivity index (χ0v) is 6.65. The highest BCUT2D eigenvalue weighted by molar-refractivity contribution is 4.96. The van der Waals surface area contributed by atoms with Gasteiger partial charge in [0.05, 0.1) is 12.6 Å². The van der Waals surface area contributed by atoms with Gasteiger partial charge < -0.3 is 10.4 Å². The van der Waals surface area contributed by atoms with Crippen LogP contribution in [0.3, 0.4) is 0 Å². The molecule has 2 nitrogen and oxygen atoms in total. The zero-order chi connectivity index (χ0) is 7.82. The fraction of sp³-hybridized carbons (Fsp3) is 0.750. The topological polar surface area (TPSA) is 32.3 Å². The molecule has 0 radical (unpaired) electrons. The zero-order valence-electron chi connectivity index (χ0n) is 6.65. The average molecular weight is 141 g/mol. The van der Waals surface area contributed by atoms with Crippen LogP contribution < -0.4 is 5.32 Å². The summed E-state index contributed by atoms with van der Waals surface area (Å²) in [6.45, 7) is 5.08. The molecule has 0 unspecified atom stereocenters. The largest absolute Gasteiger partial charge is 0.392 e. The highest BCUT2D eigenvalue weighted by Crippen LogP contribution is 1.84. The number of aliphatic hydroxyl groups excluding tert-OH is 1. The van der Waals surface area contributed by atoms with Gasteiger partial charge >= 0.3 is 0 Å². The van der Waals surface area contributed by atoms with Crippen molar-refractivity contribution in [2.45, 2.75) is 26.4 Å². The van der Waals surface area contributed by atoms with Gasteiger partial charge in [0.25, 0.3) is 0 Å². The van der Waals surface area contributed by atoms with Crippen molar-refractivity contribution in [3.05, 3.63) is 0 Å². The van der Waals surface area contributed by atoms with Crippen LogP contribution in [0.1, 0.15) is 20.3 Å². The minimum absolute atomic E-state index is 0.223. The molecule has 0 aliphatic carbocycles. The Morgan fingerprint density at radius 2 is 2.30 bits per heavy atom. The van der Waals surface area contributed by atoms with Crippen LogP contribution in [0.5, 0.6) is 0 Å². The smallest absolute Gasteiger partial charge is 0.0662 e. The molecule has 0 rings (SSSR count). The number of aliphatic hydroxyl groups is 1. The fourth-order valence-electron chi connectivity index (χ4n) is 0.534. The summed E-state index contributed by atoms with van der Waals surface area (Å²) < 4.78 is 0. The van der Waals surface area contributed by atoms with E-state index in [1.54, 1.807) is 6.92 Å². The molecule has 0 heterocycles. The van der Waals surface area contributed by atoms with Crippen LogP contribution in [0.4, 0.5) is 0 Å². The highest BCUT2D eigenvalue weighted by Gasteiger charge is 1.96. The maximum Gasteiger partial charge on any atom is 0.0662 e. The fourth-order valence-corrected chi connectivity index (χ4v) is 0.534. The molecule has 10 heavy (non-hydrogen) atoms. The molecule has 58 valence electrons. The Morgan fingerprint density at radius 1 is 1.60 bits per heavy atom. The first-order chi connectivity index (χ1) is 4.81. The summed E-state index contributed by atoms with van der Waals surface area (Å²) >= 11 is 0. The average Bonchev–Trinajstić information content (AvgIpc) is 1.98. The van der Waals surface area contributed by atoms with E-state index in [0.29, 0.717) is 13.1 Å². The Bertz CT molecular complexity index is 123. The van der Waals surface area contributed by atoms with Gasteiger partial charge in [-0.25, -0.2) is 0 Å². The van der Waals surface area contributed by atoms with Crippen LogP contribution in [0.15, 0.2) is 0 Å². The molecular formula is C8H15NO. The molecule has 2 heteroatoms. The number of nitrogens with one attached hydrogen (secondary N) is 1. The molecule has 0 spiro atoms. The van der Waals surface area contributed by atoms with E-state index in [1.165, 1.54) is 0 Å². The summed E-state index contributed by atoms with van der Waals surface area (Å²) in [5, 5.41) is 12.1. The van der Waals surface area contributed by atoms with Gasteiger partial charge in [0.2, 0.25) is 0 Å². The van der Waals surface area contributed by atoms with Crippen LogP contribution in [0.25, 0.3) is 0 Å². The Kier molecular flexibility index (Phi) is 6.25. The van der Waals surface area contributed by atoms with E-state index < -0.39 is 0 Å². The second kappa shape index (κ2) is 6.60. The van der Waals surface area contributed by atoms with Crippen LogP contribution in [-0.2, 0) is 0 Å². The SMILES string of the molecule is CC#CCNC[C@@H](O)CC. The Labute approximate surface area is 62.6 Å². The van der Waals surface area contributed by atoms with E-state index >= 15 is 0 Å². The van der Waals surface area contributed by atoms with Gasteiger partial charge in [0.1, 0.15) is 0 Å². The Morgan fingerprint density at radius 3 is 2.80 bits per heavy atom. The van der Waals surface area contributed by atoms with E-state index in [2.05, 4.69) is 17.2 Å². The van der Waals surface area contributed by atoms with Crippen LogP contribution in [-0.4, -0.2) is 24.3 Å². The molecule has 0 saturated heterocycles. The van der Waals surface area contributed by atoms with Gasteiger partial charge in [-0.2, -0.15) is 0 Å². The maximum atomic E-state index is 9.05. The van der Waals surface area contributed by atoms with Crippen LogP contribution in [0, 0.1) is 11.8 Å². The molecule has 2 N–H and O–H groups in total. The van der Waals surface area contributed by atoms with Crippen molar-refractivity contribution in [3.63, 3.8) is 0 Å². The van der Waals surface area contributed by atoms with Gasteiger partial charge in [-0.1, -0.05) is 12.8 Å².